The second kappa shape index (κ2) is 7.76. The summed E-state index contributed by atoms with van der Waals surface area (Å²) in [6.45, 7) is 0.695. The topological polar surface area (TPSA) is 47.3 Å². The van der Waals surface area contributed by atoms with Gasteiger partial charge in [-0.1, -0.05) is 22.0 Å². The van der Waals surface area contributed by atoms with Gasteiger partial charge >= 0.3 is 0 Å². The van der Waals surface area contributed by atoms with Gasteiger partial charge in [0.15, 0.2) is 0 Å². The summed E-state index contributed by atoms with van der Waals surface area (Å²) in [6.07, 6.45) is 2.35. The Bertz CT molecular complexity index is 349. The molecule has 0 bridgehead atoms. The van der Waals surface area contributed by atoms with Gasteiger partial charge in [-0.25, -0.2) is 4.39 Å². The average Bonchev–Trinajstić information content (AvgIpc) is 2.31. The number of nitrogens with two attached hydrogens (primary N) is 1. The predicted octanol–water partition coefficient (Wildman–Crippen LogP) is 2.39. The van der Waals surface area contributed by atoms with Gasteiger partial charge in [-0.3, -0.25) is 11.3 Å². The SMILES string of the molecule is COCCCC(Cc1ccc(Br)cc1F)NN. The van der Waals surface area contributed by atoms with E-state index in [0.717, 1.165) is 17.3 Å². The lowest BCUT2D eigenvalue weighted by molar-refractivity contribution is 0.188. The first kappa shape index (κ1) is 14.6. The molecule has 96 valence electrons. The zero-order chi connectivity index (χ0) is 12.7. The molecule has 0 heterocycles. The summed E-state index contributed by atoms with van der Waals surface area (Å²) in [5.41, 5.74) is 3.39. The van der Waals surface area contributed by atoms with E-state index in [-0.39, 0.29) is 11.9 Å². The molecule has 1 atom stereocenters. The molecular weight excluding hydrogens is 287 g/mol. The van der Waals surface area contributed by atoms with Gasteiger partial charge in [0.05, 0.1) is 0 Å². The minimum absolute atomic E-state index is 0.0702. The molecule has 0 aliphatic rings. The zero-order valence-electron chi connectivity index (χ0n) is 9.88. The van der Waals surface area contributed by atoms with Crippen molar-refractivity contribution in [3.63, 3.8) is 0 Å². The standard InChI is InChI=1S/C12H18BrFN2O/c1-17-6-2-3-11(16-15)7-9-4-5-10(13)8-12(9)14/h4-5,8,11,16H,2-3,6-7,15H2,1H3. The van der Waals surface area contributed by atoms with Gasteiger partial charge in [0.2, 0.25) is 0 Å². The van der Waals surface area contributed by atoms with Crippen LogP contribution in [0.2, 0.25) is 0 Å². The van der Waals surface area contributed by atoms with Crippen LogP contribution in [0.3, 0.4) is 0 Å². The number of methoxy groups -OCH3 is 1. The summed E-state index contributed by atoms with van der Waals surface area (Å²) in [5.74, 6) is 5.26. The molecule has 17 heavy (non-hydrogen) atoms. The van der Waals surface area contributed by atoms with E-state index in [4.69, 9.17) is 10.6 Å². The number of hydrazine groups is 1. The first-order valence-electron chi connectivity index (χ1n) is 5.56. The van der Waals surface area contributed by atoms with E-state index in [1.165, 1.54) is 6.07 Å². The first-order valence-corrected chi connectivity index (χ1v) is 6.35. The zero-order valence-corrected chi connectivity index (χ0v) is 11.5. The maximum absolute atomic E-state index is 13.6. The maximum Gasteiger partial charge on any atom is 0.127 e. The summed E-state index contributed by atoms with van der Waals surface area (Å²) in [5, 5.41) is 0. The molecule has 5 heteroatoms. The Morgan fingerprint density at radius 3 is 2.88 bits per heavy atom. The molecule has 0 fully saturated rings. The summed E-state index contributed by atoms with van der Waals surface area (Å²) in [6, 6.07) is 5.15. The number of ether oxygens (including phenoxy) is 1. The fraction of sp³-hybridized carbons (Fsp3) is 0.500. The van der Waals surface area contributed by atoms with Crippen LogP contribution in [0.4, 0.5) is 4.39 Å². The summed E-state index contributed by atoms with van der Waals surface area (Å²) in [7, 11) is 1.67. The third-order valence-electron chi connectivity index (χ3n) is 2.62. The Balaban J connectivity index is 2.54. The molecule has 3 N–H and O–H groups in total. The number of rotatable bonds is 7. The molecule has 3 nitrogen and oxygen atoms in total. The van der Waals surface area contributed by atoms with Crippen molar-refractivity contribution in [1.29, 1.82) is 0 Å². The molecule has 1 unspecified atom stereocenters. The smallest absolute Gasteiger partial charge is 0.127 e. The highest BCUT2D eigenvalue weighted by Gasteiger charge is 2.11. The Morgan fingerprint density at radius 2 is 2.29 bits per heavy atom. The van der Waals surface area contributed by atoms with Crippen LogP contribution in [0.5, 0.6) is 0 Å². The van der Waals surface area contributed by atoms with Gasteiger partial charge < -0.3 is 4.74 Å². The molecule has 0 saturated carbocycles. The van der Waals surface area contributed by atoms with Crippen LogP contribution >= 0.6 is 15.9 Å². The number of benzene rings is 1. The molecule has 1 rings (SSSR count). The monoisotopic (exact) mass is 304 g/mol. The molecule has 0 amide bonds. The van der Waals surface area contributed by atoms with E-state index in [9.17, 15) is 4.39 Å². The van der Waals surface area contributed by atoms with Crippen LogP contribution in [-0.2, 0) is 11.2 Å². The van der Waals surface area contributed by atoms with Gasteiger partial charge in [-0.2, -0.15) is 0 Å². The quantitative estimate of drug-likeness (QED) is 0.462. The summed E-state index contributed by atoms with van der Waals surface area (Å²) < 4.78 is 19.3. The van der Waals surface area contributed by atoms with Gasteiger partial charge in [-0.05, 0) is 37.0 Å². The average molecular weight is 305 g/mol. The van der Waals surface area contributed by atoms with Crippen LogP contribution in [0.1, 0.15) is 18.4 Å². The van der Waals surface area contributed by atoms with E-state index in [2.05, 4.69) is 21.4 Å². The molecule has 0 radical (unpaired) electrons. The van der Waals surface area contributed by atoms with Crippen molar-refractivity contribution in [1.82, 2.24) is 5.43 Å². The maximum atomic E-state index is 13.6. The lowest BCUT2D eigenvalue weighted by Crippen LogP contribution is -2.37. The minimum atomic E-state index is -0.202. The molecule has 0 aromatic heterocycles. The molecule has 0 saturated heterocycles. The Labute approximate surface area is 110 Å². The van der Waals surface area contributed by atoms with Crippen LogP contribution in [-0.4, -0.2) is 19.8 Å². The largest absolute Gasteiger partial charge is 0.385 e. The lowest BCUT2D eigenvalue weighted by Gasteiger charge is -2.16. The number of hydrogen-bond acceptors (Lipinski definition) is 3. The second-order valence-electron chi connectivity index (χ2n) is 3.94. The summed E-state index contributed by atoms with van der Waals surface area (Å²) >= 11 is 3.23. The van der Waals surface area contributed by atoms with Gasteiger partial charge in [0.1, 0.15) is 5.82 Å². The number of halogens is 2. The predicted molar refractivity (Wildman–Crippen MR) is 70.0 cm³/mol. The normalized spacial score (nSPS) is 12.7. The van der Waals surface area contributed by atoms with Crippen LogP contribution in [0.25, 0.3) is 0 Å². The Kier molecular flexibility index (Phi) is 6.65. The fourth-order valence-electron chi connectivity index (χ4n) is 1.67. The van der Waals surface area contributed by atoms with Crippen LogP contribution in [0, 0.1) is 5.82 Å². The van der Waals surface area contributed by atoms with Crippen LogP contribution in [0.15, 0.2) is 22.7 Å². The highest BCUT2D eigenvalue weighted by Crippen LogP contribution is 2.17. The molecular formula is C12H18BrFN2O. The Hall–Kier alpha value is -0.490. The van der Waals surface area contributed by atoms with Gasteiger partial charge in [-0.15, -0.1) is 0 Å². The van der Waals surface area contributed by atoms with Crippen molar-refractivity contribution >= 4 is 15.9 Å². The third-order valence-corrected chi connectivity index (χ3v) is 3.11. The highest BCUT2D eigenvalue weighted by molar-refractivity contribution is 9.10. The third kappa shape index (κ3) is 5.12. The molecule has 0 aliphatic carbocycles. The minimum Gasteiger partial charge on any atom is -0.385 e. The van der Waals surface area contributed by atoms with Crippen molar-refractivity contribution in [3.05, 3.63) is 34.1 Å². The molecule has 1 aromatic rings. The molecule has 1 aromatic carbocycles. The van der Waals surface area contributed by atoms with E-state index < -0.39 is 0 Å². The number of nitrogens with one attached hydrogen (secondary N) is 1. The Morgan fingerprint density at radius 1 is 1.53 bits per heavy atom. The lowest BCUT2D eigenvalue weighted by atomic mass is 10.0. The summed E-state index contributed by atoms with van der Waals surface area (Å²) in [4.78, 5) is 0. The van der Waals surface area contributed by atoms with Crippen LogP contribution < -0.4 is 11.3 Å². The second-order valence-corrected chi connectivity index (χ2v) is 4.85. The van der Waals surface area contributed by atoms with E-state index in [1.54, 1.807) is 13.2 Å². The van der Waals surface area contributed by atoms with Crippen molar-refractivity contribution in [2.75, 3.05) is 13.7 Å². The van der Waals surface area contributed by atoms with Crippen molar-refractivity contribution in [2.24, 2.45) is 5.84 Å². The van der Waals surface area contributed by atoms with E-state index in [0.29, 0.717) is 18.6 Å². The highest BCUT2D eigenvalue weighted by atomic mass is 79.9. The van der Waals surface area contributed by atoms with Gasteiger partial charge in [0, 0.05) is 24.2 Å². The number of hydrogen-bond donors (Lipinski definition) is 2. The van der Waals surface area contributed by atoms with E-state index >= 15 is 0 Å². The molecule has 0 aliphatic heterocycles. The van der Waals surface area contributed by atoms with Gasteiger partial charge in [0.25, 0.3) is 0 Å². The van der Waals surface area contributed by atoms with Crippen molar-refractivity contribution < 1.29 is 9.13 Å². The first-order chi connectivity index (χ1) is 8.17. The molecule has 0 spiro atoms. The van der Waals surface area contributed by atoms with Crippen molar-refractivity contribution in [3.8, 4) is 0 Å². The fourth-order valence-corrected chi connectivity index (χ4v) is 2.00. The van der Waals surface area contributed by atoms with Crippen molar-refractivity contribution in [2.45, 2.75) is 25.3 Å². The van der Waals surface area contributed by atoms with E-state index in [1.807, 2.05) is 6.07 Å².